The lowest BCUT2D eigenvalue weighted by atomic mass is 10.1. The molecule has 57 heavy (non-hydrogen) atoms. The average Bonchev–Trinajstić information content (AvgIpc) is 3.70. The van der Waals surface area contributed by atoms with E-state index in [0.29, 0.717) is 39.9 Å². The molecule has 0 saturated carbocycles. The zero-order valence-electron chi connectivity index (χ0n) is 31.3. The Balaban J connectivity index is 1.08. The Morgan fingerprint density at radius 3 is 2.51 bits per heavy atom. The van der Waals surface area contributed by atoms with Gasteiger partial charge < -0.3 is 42.6 Å². The van der Waals surface area contributed by atoms with Gasteiger partial charge in [0.05, 0.1) is 20.8 Å². The molecular formula is C36H42F2N5O13P. The molecular weight excluding hydrogens is 779 g/mol. The molecule has 4 heterocycles. The summed E-state index contributed by atoms with van der Waals surface area (Å²) in [6, 6.07) is 12.5. The molecule has 308 valence electrons. The van der Waals surface area contributed by atoms with Crippen molar-refractivity contribution in [3.63, 3.8) is 0 Å². The molecule has 0 aliphatic carbocycles. The Morgan fingerprint density at radius 2 is 1.82 bits per heavy atom. The van der Waals surface area contributed by atoms with Gasteiger partial charge in [-0.2, -0.15) is 18.9 Å². The maximum Gasteiger partial charge on any atom is 0.459 e. The summed E-state index contributed by atoms with van der Waals surface area (Å²) in [6.07, 6.45) is -6.09. The van der Waals surface area contributed by atoms with Crippen LogP contribution in [0.1, 0.15) is 31.8 Å². The first-order chi connectivity index (χ1) is 27.2. The van der Waals surface area contributed by atoms with Crippen molar-refractivity contribution in [3.8, 4) is 17.2 Å². The molecule has 2 saturated heterocycles. The van der Waals surface area contributed by atoms with Crippen molar-refractivity contribution in [2.75, 3.05) is 46.3 Å². The number of amides is 1. The quantitative estimate of drug-likeness (QED) is 0.112. The minimum atomic E-state index is -4.54. The molecule has 2 aliphatic heterocycles. The largest absolute Gasteiger partial charge is 0.497 e. The normalized spacial score (nSPS) is 21.4. The number of hydrogen-bond donors (Lipinski definition) is 3. The molecule has 0 bridgehead atoms. The zero-order chi connectivity index (χ0) is 40.9. The lowest BCUT2D eigenvalue weighted by Crippen LogP contribution is -2.42. The van der Waals surface area contributed by atoms with Crippen LogP contribution in [0.25, 0.3) is 11.0 Å². The number of benzene rings is 2. The molecule has 5 atom stereocenters. The molecule has 2 fully saturated rings. The van der Waals surface area contributed by atoms with E-state index < -0.39 is 62.5 Å². The summed E-state index contributed by atoms with van der Waals surface area (Å²) in [7, 11) is 0.358. The summed E-state index contributed by atoms with van der Waals surface area (Å²) >= 11 is 0. The number of nitrogens with zero attached hydrogens (tertiary/aromatic N) is 3. The van der Waals surface area contributed by atoms with Gasteiger partial charge in [0, 0.05) is 30.7 Å². The molecule has 3 N–H and O–H groups in total. The number of carbonyl (C=O) groups is 2. The molecule has 0 spiro atoms. The number of piperidine rings is 1. The monoisotopic (exact) mass is 821 g/mol. The summed E-state index contributed by atoms with van der Waals surface area (Å²) in [4.78, 5) is 44.1. The van der Waals surface area contributed by atoms with Gasteiger partial charge in [0.2, 0.25) is 6.23 Å². The van der Waals surface area contributed by atoms with Crippen molar-refractivity contribution in [2.45, 2.75) is 62.9 Å². The minimum absolute atomic E-state index is 0.0618. The van der Waals surface area contributed by atoms with Gasteiger partial charge in [0.1, 0.15) is 41.3 Å². The number of methoxy groups -OCH3 is 2. The van der Waals surface area contributed by atoms with Crippen molar-refractivity contribution >= 4 is 36.6 Å². The second-order valence-corrected chi connectivity index (χ2v) is 15.0. The Morgan fingerprint density at radius 1 is 1.09 bits per heavy atom. The maximum atomic E-state index is 15.5. The van der Waals surface area contributed by atoms with Crippen LogP contribution < -0.4 is 30.1 Å². The van der Waals surface area contributed by atoms with E-state index in [1.54, 1.807) is 36.4 Å². The number of anilines is 1. The molecule has 4 aromatic rings. The molecule has 18 nitrogen and oxygen atoms in total. The van der Waals surface area contributed by atoms with Crippen molar-refractivity contribution in [3.05, 3.63) is 77.0 Å². The summed E-state index contributed by atoms with van der Waals surface area (Å²) in [6.45, 7) is 1.57. The van der Waals surface area contributed by atoms with Gasteiger partial charge in [0.25, 0.3) is 0 Å². The van der Waals surface area contributed by atoms with Gasteiger partial charge in [-0.05, 0) is 57.1 Å². The Kier molecular flexibility index (Phi) is 12.8. The molecule has 2 aliphatic rings. The fourth-order valence-electron chi connectivity index (χ4n) is 6.07. The van der Waals surface area contributed by atoms with Crippen LogP contribution in [0, 0.1) is 0 Å². The highest BCUT2D eigenvalue weighted by Crippen LogP contribution is 2.48. The van der Waals surface area contributed by atoms with Crippen LogP contribution in [-0.4, -0.2) is 103 Å². The van der Waals surface area contributed by atoms with E-state index >= 15 is 8.78 Å². The van der Waals surface area contributed by atoms with Gasteiger partial charge in [-0.25, -0.2) is 14.2 Å². The minimum Gasteiger partial charge on any atom is -0.497 e. The zero-order valence-corrected chi connectivity index (χ0v) is 32.2. The van der Waals surface area contributed by atoms with Crippen LogP contribution in [-0.2, 0) is 34.7 Å². The number of furan rings is 1. The molecule has 21 heteroatoms. The van der Waals surface area contributed by atoms with Gasteiger partial charge in [-0.1, -0.05) is 18.2 Å². The number of para-hydroxylation sites is 1. The van der Waals surface area contributed by atoms with Crippen LogP contribution in [0.5, 0.6) is 17.2 Å². The second-order valence-electron chi connectivity index (χ2n) is 13.3. The number of carbonyl (C=O) groups excluding carboxylic acids is 2. The topological polar surface area (TPSA) is 211 Å². The molecule has 0 radical (unpaired) electrons. The summed E-state index contributed by atoms with van der Waals surface area (Å²) in [5.41, 5.74) is -0.880. The standard InChI is InChI=1S/C36H42F2N5O13P/c1-21(32(45)54-23-10-13-42(2)14-11-23)41-57(48,56-24-8-6-5-7-9-24)52-20-28-31(44)36(37,38)33(55-28)43-15-12-29(39-34(43)46)40-35(47)51-19-26-17-22-16-25(49-3)18-27(50-4)30(22)53-26/h5-9,12,15-18,21,23,28,31,33,44H,10-11,13-14,19-20H2,1-4H3,(H,41,48)(H,39,40,46,47)/t21?,28-,31-,33-,57?/m1/s1. The molecule has 6 rings (SSSR count). The van der Waals surface area contributed by atoms with Crippen LogP contribution >= 0.6 is 7.75 Å². The van der Waals surface area contributed by atoms with Crippen LogP contribution in [0.3, 0.4) is 0 Å². The number of aliphatic hydroxyl groups is 1. The van der Waals surface area contributed by atoms with Crippen LogP contribution in [0.15, 0.2) is 70.0 Å². The third-order valence-electron chi connectivity index (χ3n) is 9.13. The Labute approximate surface area is 324 Å². The van der Waals surface area contributed by atoms with E-state index in [4.69, 9.17) is 37.1 Å². The van der Waals surface area contributed by atoms with E-state index in [9.17, 15) is 24.1 Å². The molecule has 1 amide bonds. The smallest absolute Gasteiger partial charge is 0.459 e. The fraction of sp³-hybridized carbons (Fsp3) is 0.444. The Hall–Kier alpha value is -5.11. The maximum absolute atomic E-state index is 15.5. The lowest BCUT2D eigenvalue weighted by molar-refractivity contribution is -0.152. The van der Waals surface area contributed by atoms with E-state index in [1.165, 1.54) is 33.3 Å². The molecule has 2 aromatic carbocycles. The van der Waals surface area contributed by atoms with E-state index in [1.807, 2.05) is 7.05 Å². The first-order valence-electron chi connectivity index (χ1n) is 17.7. The molecule has 2 unspecified atom stereocenters. The van der Waals surface area contributed by atoms with Crippen molar-refractivity contribution in [1.82, 2.24) is 19.5 Å². The number of aromatic nitrogens is 2. The highest BCUT2D eigenvalue weighted by atomic mass is 31.2. The SMILES string of the molecule is COc1cc(OC)c2oc(COC(=O)Nc3ccn([C@@H]4O[C@H](COP(=O)(NC(C)C(=O)OC5CCN(C)CC5)Oc5ccccc5)[C@@H](O)C4(F)F)c(=O)n3)cc2c1. The molecule has 2 aromatic heterocycles. The number of nitrogens with one attached hydrogen (secondary N) is 2. The van der Waals surface area contributed by atoms with Crippen molar-refractivity contribution in [2.24, 2.45) is 0 Å². The summed E-state index contributed by atoms with van der Waals surface area (Å²) in [5, 5.41) is 16.0. The number of likely N-dealkylation sites (tertiary alicyclic amines) is 1. The average molecular weight is 822 g/mol. The number of fused-ring (bicyclic) bond motifs is 1. The van der Waals surface area contributed by atoms with E-state index in [2.05, 4.69) is 20.3 Å². The summed E-state index contributed by atoms with van der Waals surface area (Å²) < 4.78 is 88.8. The van der Waals surface area contributed by atoms with Crippen molar-refractivity contribution in [1.29, 1.82) is 0 Å². The van der Waals surface area contributed by atoms with Gasteiger partial charge in [0.15, 0.2) is 24.0 Å². The van der Waals surface area contributed by atoms with Crippen molar-refractivity contribution < 1.29 is 65.2 Å². The van der Waals surface area contributed by atoms with Gasteiger partial charge in [-0.3, -0.25) is 19.2 Å². The van der Waals surface area contributed by atoms with Gasteiger partial charge in [-0.15, -0.1) is 0 Å². The van der Waals surface area contributed by atoms with E-state index in [0.717, 1.165) is 25.4 Å². The predicted molar refractivity (Wildman–Crippen MR) is 196 cm³/mol. The van der Waals surface area contributed by atoms with Gasteiger partial charge >= 0.3 is 31.4 Å². The number of halogens is 2. The highest BCUT2D eigenvalue weighted by Gasteiger charge is 2.60. The highest BCUT2D eigenvalue weighted by molar-refractivity contribution is 7.52. The number of hydrogen-bond acceptors (Lipinski definition) is 15. The van der Waals surface area contributed by atoms with Crippen LogP contribution in [0.2, 0.25) is 0 Å². The summed E-state index contributed by atoms with van der Waals surface area (Å²) in [5.74, 6) is -3.93. The number of esters is 1. The second kappa shape index (κ2) is 17.6. The third kappa shape index (κ3) is 9.89. The number of alkyl halides is 2. The van der Waals surface area contributed by atoms with E-state index in [-0.39, 0.29) is 30.0 Å². The lowest BCUT2D eigenvalue weighted by Gasteiger charge is -2.30. The Bertz CT molecular complexity index is 2150. The van der Waals surface area contributed by atoms with Crippen LogP contribution in [0.4, 0.5) is 19.4 Å². The first kappa shape index (κ1) is 41.5. The number of aliphatic hydroxyl groups excluding tert-OH is 1. The predicted octanol–water partition coefficient (Wildman–Crippen LogP) is 4.47. The first-order valence-corrected chi connectivity index (χ1v) is 19.3. The number of rotatable bonds is 15. The number of ether oxygens (including phenoxy) is 5. The third-order valence-corrected chi connectivity index (χ3v) is 10.8. The fourth-order valence-corrected chi connectivity index (χ4v) is 7.58.